The fraction of sp³-hybridized carbons (Fsp3) is 0.182. The number of fused-ring (bicyclic) bond motifs is 2. The number of hydrogen-bond acceptors (Lipinski definition) is 7. The molecule has 4 aromatic heterocycles. The van der Waals surface area contributed by atoms with Crippen LogP contribution < -0.4 is 0 Å². The van der Waals surface area contributed by atoms with Gasteiger partial charge in [-0.25, -0.2) is 9.67 Å². The summed E-state index contributed by atoms with van der Waals surface area (Å²) in [6.45, 7) is -2.43. The van der Waals surface area contributed by atoms with Gasteiger partial charge in [0.1, 0.15) is 6.04 Å². The molecule has 0 radical (unpaired) electrons. The fourth-order valence-electron chi connectivity index (χ4n) is 4.13. The molecule has 1 aromatic carbocycles. The molecule has 10 nitrogen and oxygen atoms in total. The van der Waals surface area contributed by atoms with Crippen LogP contribution in [0, 0.1) is 0 Å². The van der Waals surface area contributed by atoms with Gasteiger partial charge in [-0.15, -0.1) is 10.2 Å². The maximum atomic E-state index is 13.5. The number of rotatable bonds is 4. The second-order valence-electron chi connectivity index (χ2n) is 7.75. The van der Waals surface area contributed by atoms with E-state index in [0.717, 1.165) is 22.8 Å². The van der Waals surface area contributed by atoms with E-state index in [-0.39, 0.29) is 17.3 Å². The van der Waals surface area contributed by atoms with Crippen LogP contribution in [0.5, 0.6) is 0 Å². The van der Waals surface area contributed by atoms with Crippen molar-refractivity contribution < 1.29 is 18.0 Å². The predicted octanol–water partition coefficient (Wildman–Crippen LogP) is 3.39. The van der Waals surface area contributed by atoms with E-state index in [0.29, 0.717) is 29.0 Å². The lowest BCUT2D eigenvalue weighted by molar-refractivity contribution is 0.0566. The number of hydrogen-bond donors (Lipinski definition) is 1. The number of alkyl halides is 2. The first kappa shape index (κ1) is 20.1. The lowest BCUT2D eigenvalue weighted by Gasteiger charge is -2.33. The Kier molecular flexibility index (Phi) is 4.64. The molecule has 12 heteroatoms. The number of aromatic nitrogens is 7. The highest BCUT2D eigenvalue weighted by Gasteiger charge is 2.37. The standard InChI is InChI=1S/C22H16F2N8O2/c23-22(24)32-10-13(9-27-32)19-29-30-20(34-19)21(33)31-8-7-15-17(26-11-25-15)18(31)16-6-5-12-3-1-2-4-14(12)28-16/h1-6,9-11,18,22H,7-8H2,(H,25,26)/t18-/m1/s1. The molecule has 1 aliphatic heterocycles. The first-order valence-electron chi connectivity index (χ1n) is 10.4. The highest BCUT2D eigenvalue weighted by Crippen LogP contribution is 2.34. The van der Waals surface area contributed by atoms with Gasteiger partial charge in [0.25, 0.3) is 5.89 Å². The summed E-state index contributed by atoms with van der Waals surface area (Å²) in [6.07, 6.45) is 4.41. The third kappa shape index (κ3) is 3.31. The molecule has 0 spiro atoms. The lowest BCUT2D eigenvalue weighted by Crippen LogP contribution is -2.41. The summed E-state index contributed by atoms with van der Waals surface area (Å²) in [5.41, 5.74) is 3.26. The van der Waals surface area contributed by atoms with Crippen molar-refractivity contribution in [3.8, 4) is 11.5 Å². The minimum Gasteiger partial charge on any atom is -0.412 e. The Hall–Kier alpha value is -4.48. The van der Waals surface area contributed by atoms with Crippen molar-refractivity contribution in [1.82, 2.24) is 39.8 Å². The van der Waals surface area contributed by atoms with Crippen LogP contribution in [-0.4, -0.2) is 52.3 Å². The van der Waals surface area contributed by atoms with E-state index < -0.39 is 18.5 Å². The van der Waals surface area contributed by atoms with Crippen LogP contribution in [-0.2, 0) is 6.42 Å². The van der Waals surface area contributed by atoms with Crippen molar-refractivity contribution in [3.05, 3.63) is 78.1 Å². The first-order valence-corrected chi connectivity index (χ1v) is 10.4. The smallest absolute Gasteiger partial charge is 0.333 e. The molecule has 170 valence electrons. The van der Waals surface area contributed by atoms with Gasteiger partial charge in [-0.2, -0.15) is 13.9 Å². The van der Waals surface area contributed by atoms with Crippen LogP contribution in [0.1, 0.15) is 40.4 Å². The van der Waals surface area contributed by atoms with Gasteiger partial charge in [0.05, 0.1) is 35.0 Å². The molecule has 0 fully saturated rings. The Balaban J connectivity index is 1.37. The van der Waals surface area contributed by atoms with E-state index >= 15 is 0 Å². The number of nitrogens with one attached hydrogen (secondary N) is 1. The summed E-state index contributed by atoms with van der Waals surface area (Å²) in [4.78, 5) is 27.4. The summed E-state index contributed by atoms with van der Waals surface area (Å²) in [5, 5.41) is 12.2. The van der Waals surface area contributed by atoms with Gasteiger partial charge in [-0.05, 0) is 12.1 Å². The number of benzene rings is 1. The quantitative estimate of drug-likeness (QED) is 0.435. The van der Waals surface area contributed by atoms with E-state index in [2.05, 4.69) is 25.3 Å². The number of carbonyl (C=O) groups excluding carboxylic acids is 1. The fourth-order valence-corrected chi connectivity index (χ4v) is 4.13. The Bertz CT molecular complexity index is 1510. The van der Waals surface area contributed by atoms with Crippen molar-refractivity contribution in [3.63, 3.8) is 0 Å². The van der Waals surface area contributed by atoms with E-state index in [4.69, 9.17) is 9.40 Å². The van der Waals surface area contributed by atoms with Crippen molar-refractivity contribution in [2.75, 3.05) is 6.54 Å². The number of para-hydroxylation sites is 1. The second kappa shape index (κ2) is 7.83. The molecule has 0 bridgehead atoms. The molecule has 1 atom stereocenters. The highest BCUT2D eigenvalue weighted by molar-refractivity contribution is 5.90. The molecular formula is C22H16F2N8O2. The monoisotopic (exact) mass is 462 g/mol. The number of halogens is 2. The summed E-state index contributed by atoms with van der Waals surface area (Å²) in [5.74, 6) is -0.841. The van der Waals surface area contributed by atoms with E-state index in [1.165, 1.54) is 6.20 Å². The largest absolute Gasteiger partial charge is 0.412 e. The van der Waals surface area contributed by atoms with Crippen LogP contribution in [0.4, 0.5) is 8.78 Å². The zero-order valence-corrected chi connectivity index (χ0v) is 17.5. The van der Waals surface area contributed by atoms with Crippen molar-refractivity contribution in [1.29, 1.82) is 0 Å². The van der Waals surface area contributed by atoms with Crippen LogP contribution >= 0.6 is 0 Å². The maximum Gasteiger partial charge on any atom is 0.333 e. The maximum absolute atomic E-state index is 13.5. The molecule has 5 heterocycles. The topological polar surface area (TPSA) is 119 Å². The van der Waals surface area contributed by atoms with Crippen molar-refractivity contribution >= 4 is 16.8 Å². The average molecular weight is 462 g/mol. The van der Waals surface area contributed by atoms with Crippen molar-refractivity contribution in [2.45, 2.75) is 19.0 Å². The third-order valence-corrected chi connectivity index (χ3v) is 5.74. The minimum absolute atomic E-state index is 0.0758. The summed E-state index contributed by atoms with van der Waals surface area (Å²) >= 11 is 0. The Morgan fingerprint density at radius 3 is 2.91 bits per heavy atom. The Labute approximate surface area is 190 Å². The predicted molar refractivity (Wildman–Crippen MR) is 114 cm³/mol. The normalized spacial score (nSPS) is 15.7. The van der Waals surface area contributed by atoms with E-state index in [9.17, 15) is 13.6 Å². The number of aromatic amines is 1. The zero-order valence-electron chi connectivity index (χ0n) is 17.5. The van der Waals surface area contributed by atoms with Gasteiger partial charge in [-0.1, -0.05) is 24.3 Å². The van der Waals surface area contributed by atoms with Gasteiger partial charge in [0.15, 0.2) is 0 Å². The molecule has 1 N–H and O–H groups in total. The number of nitrogens with zero attached hydrogens (tertiary/aromatic N) is 7. The summed E-state index contributed by atoms with van der Waals surface area (Å²) < 4.78 is 31.7. The molecule has 5 aromatic rings. The molecule has 6 rings (SSSR count). The molecule has 0 saturated heterocycles. The molecule has 0 aliphatic carbocycles. The number of H-pyrrole nitrogens is 1. The van der Waals surface area contributed by atoms with Crippen LogP contribution in [0.3, 0.4) is 0 Å². The molecule has 0 saturated carbocycles. The number of imidazole rings is 1. The second-order valence-corrected chi connectivity index (χ2v) is 7.75. The summed E-state index contributed by atoms with van der Waals surface area (Å²) in [7, 11) is 0. The molecule has 34 heavy (non-hydrogen) atoms. The number of carbonyl (C=O) groups is 1. The van der Waals surface area contributed by atoms with Gasteiger partial charge in [0.2, 0.25) is 0 Å². The zero-order chi connectivity index (χ0) is 23.2. The summed E-state index contributed by atoms with van der Waals surface area (Å²) in [6, 6.07) is 11.0. The van der Waals surface area contributed by atoms with Crippen molar-refractivity contribution in [2.24, 2.45) is 0 Å². The minimum atomic E-state index is -2.80. The lowest BCUT2D eigenvalue weighted by atomic mass is 9.98. The van der Waals surface area contributed by atoms with Gasteiger partial charge in [-0.3, -0.25) is 9.78 Å². The van der Waals surface area contributed by atoms with Gasteiger partial charge in [0, 0.05) is 30.2 Å². The van der Waals surface area contributed by atoms with E-state index in [1.807, 2.05) is 36.4 Å². The van der Waals surface area contributed by atoms with E-state index in [1.54, 1.807) is 11.2 Å². The highest BCUT2D eigenvalue weighted by atomic mass is 19.3. The van der Waals surface area contributed by atoms with Gasteiger partial charge >= 0.3 is 18.3 Å². The number of amides is 1. The Morgan fingerprint density at radius 1 is 1.18 bits per heavy atom. The SMILES string of the molecule is O=C(c1nnc(-c2cnn(C(F)F)c2)o1)N1CCc2[nH]cnc2[C@H]1c1ccc2ccccc2n1. The van der Waals surface area contributed by atoms with Crippen LogP contribution in [0.25, 0.3) is 22.4 Å². The van der Waals surface area contributed by atoms with Gasteiger partial charge < -0.3 is 14.3 Å². The molecule has 0 unspecified atom stereocenters. The third-order valence-electron chi connectivity index (χ3n) is 5.74. The van der Waals surface area contributed by atoms with Crippen LogP contribution in [0.15, 0.2) is 59.5 Å². The molecule has 1 amide bonds. The molecular weight excluding hydrogens is 446 g/mol. The average Bonchev–Trinajstić information content (AvgIpc) is 3.62. The number of pyridine rings is 1. The van der Waals surface area contributed by atoms with Crippen LogP contribution in [0.2, 0.25) is 0 Å². The Morgan fingerprint density at radius 2 is 2.06 bits per heavy atom. The first-order chi connectivity index (χ1) is 16.6. The molecule has 1 aliphatic rings.